The van der Waals surface area contributed by atoms with Crippen LogP contribution in [-0.2, 0) is 10.0 Å². The summed E-state index contributed by atoms with van der Waals surface area (Å²) in [5.41, 5.74) is 0.299. The van der Waals surface area contributed by atoms with Gasteiger partial charge in [-0.25, -0.2) is 13.2 Å². The van der Waals surface area contributed by atoms with Crippen molar-refractivity contribution in [1.29, 1.82) is 0 Å². The summed E-state index contributed by atoms with van der Waals surface area (Å²) < 4.78 is 31.5. The first-order chi connectivity index (χ1) is 11.9. The minimum atomic E-state index is -3.53. The number of sulfonamides is 1. The zero-order valence-corrected chi connectivity index (χ0v) is 16.1. The molecule has 0 amide bonds. The molecule has 7 heteroatoms. The SMILES string of the molecule is CCN(CC)S(=O)(=O)c1ccc(C(=O)Oc2ccc(SC)cc2)cc1. The molecule has 25 heavy (non-hydrogen) atoms. The highest BCUT2D eigenvalue weighted by Gasteiger charge is 2.21. The lowest BCUT2D eigenvalue weighted by atomic mass is 10.2. The Kier molecular flexibility index (Phi) is 6.64. The normalized spacial score (nSPS) is 11.5. The van der Waals surface area contributed by atoms with Crippen molar-refractivity contribution in [3.8, 4) is 5.75 Å². The molecule has 0 atom stereocenters. The van der Waals surface area contributed by atoms with E-state index in [9.17, 15) is 13.2 Å². The van der Waals surface area contributed by atoms with Gasteiger partial charge in [0.25, 0.3) is 0 Å². The predicted molar refractivity (Wildman–Crippen MR) is 99.7 cm³/mol. The largest absolute Gasteiger partial charge is 0.423 e. The molecule has 0 aliphatic rings. The van der Waals surface area contributed by atoms with Gasteiger partial charge in [0.1, 0.15) is 5.75 Å². The predicted octanol–water partition coefficient (Wildman–Crippen LogP) is 3.66. The van der Waals surface area contributed by atoms with Gasteiger partial charge in [0, 0.05) is 18.0 Å². The van der Waals surface area contributed by atoms with Crippen molar-refractivity contribution < 1.29 is 17.9 Å². The molecule has 5 nitrogen and oxygen atoms in total. The van der Waals surface area contributed by atoms with E-state index in [1.54, 1.807) is 37.7 Å². The fraction of sp³-hybridized carbons (Fsp3) is 0.278. The molecule has 0 spiro atoms. The molecular formula is C18H21NO4S2. The Morgan fingerprint density at radius 1 is 1.00 bits per heavy atom. The van der Waals surface area contributed by atoms with Gasteiger partial charge in [-0.15, -0.1) is 11.8 Å². The van der Waals surface area contributed by atoms with E-state index in [0.29, 0.717) is 24.4 Å². The third kappa shape index (κ3) is 4.62. The van der Waals surface area contributed by atoms with Crippen LogP contribution in [0.1, 0.15) is 24.2 Å². The molecule has 0 aromatic heterocycles. The van der Waals surface area contributed by atoms with Crippen LogP contribution < -0.4 is 4.74 Å². The Morgan fingerprint density at radius 2 is 1.56 bits per heavy atom. The highest BCUT2D eigenvalue weighted by Crippen LogP contribution is 2.21. The molecule has 0 aliphatic carbocycles. The lowest BCUT2D eigenvalue weighted by Gasteiger charge is -2.18. The van der Waals surface area contributed by atoms with Crippen molar-refractivity contribution in [2.75, 3.05) is 19.3 Å². The van der Waals surface area contributed by atoms with Crippen LogP contribution in [0.4, 0.5) is 0 Å². The maximum atomic E-state index is 12.4. The van der Waals surface area contributed by atoms with Gasteiger partial charge >= 0.3 is 5.97 Å². The number of rotatable bonds is 7. The first-order valence-corrected chi connectivity index (χ1v) is 10.5. The number of benzene rings is 2. The average Bonchev–Trinajstić information content (AvgIpc) is 2.63. The summed E-state index contributed by atoms with van der Waals surface area (Å²) in [4.78, 5) is 13.4. The molecular weight excluding hydrogens is 358 g/mol. The monoisotopic (exact) mass is 379 g/mol. The van der Waals surface area contributed by atoms with E-state index in [0.717, 1.165) is 4.90 Å². The standard InChI is InChI=1S/C18H21NO4S2/c1-4-19(5-2)25(21,22)17-12-6-14(7-13-17)18(20)23-15-8-10-16(24-3)11-9-15/h6-13H,4-5H2,1-3H3. The van der Waals surface area contributed by atoms with Crippen LogP contribution in [-0.4, -0.2) is 38.0 Å². The molecule has 0 unspecified atom stereocenters. The molecule has 0 radical (unpaired) electrons. The van der Waals surface area contributed by atoms with Crippen LogP contribution in [0.2, 0.25) is 0 Å². The molecule has 2 aromatic rings. The average molecular weight is 380 g/mol. The molecule has 0 bridgehead atoms. The van der Waals surface area contributed by atoms with Gasteiger partial charge < -0.3 is 4.74 Å². The van der Waals surface area contributed by atoms with Crippen LogP contribution >= 0.6 is 11.8 Å². The molecule has 0 saturated heterocycles. The number of thioether (sulfide) groups is 1. The quantitative estimate of drug-likeness (QED) is 0.417. The summed E-state index contributed by atoms with van der Waals surface area (Å²) in [7, 11) is -3.53. The van der Waals surface area contributed by atoms with E-state index in [2.05, 4.69) is 0 Å². The number of ether oxygens (including phenoxy) is 1. The Labute approximate surface area is 153 Å². The van der Waals surface area contributed by atoms with Crippen molar-refractivity contribution in [2.24, 2.45) is 0 Å². The van der Waals surface area contributed by atoms with Crippen LogP contribution in [0.5, 0.6) is 5.75 Å². The first kappa shape index (κ1) is 19.5. The lowest BCUT2D eigenvalue weighted by molar-refractivity contribution is 0.0734. The van der Waals surface area contributed by atoms with Crippen molar-refractivity contribution in [3.05, 3.63) is 54.1 Å². The number of nitrogens with zero attached hydrogens (tertiary/aromatic N) is 1. The molecule has 0 N–H and O–H groups in total. The summed E-state index contributed by atoms with van der Waals surface area (Å²) in [5, 5.41) is 0. The zero-order chi connectivity index (χ0) is 18.4. The Morgan fingerprint density at radius 3 is 2.04 bits per heavy atom. The minimum Gasteiger partial charge on any atom is -0.423 e. The lowest BCUT2D eigenvalue weighted by Crippen LogP contribution is -2.30. The smallest absolute Gasteiger partial charge is 0.343 e. The highest BCUT2D eigenvalue weighted by molar-refractivity contribution is 7.98. The van der Waals surface area contributed by atoms with Crippen molar-refractivity contribution >= 4 is 27.8 Å². The second-order valence-corrected chi connectivity index (χ2v) is 8.00. The number of esters is 1. The van der Waals surface area contributed by atoms with Gasteiger partial charge in [-0.2, -0.15) is 4.31 Å². The van der Waals surface area contributed by atoms with Crippen LogP contribution in [0.15, 0.2) is 58.3 Å². The summed E-state index contributed by atoms with van der Waals surface area (Å²) in [6, 6.07) is 13.0. The Balaban J connectivity index is 2.14. The molecule has 0 aliphatic heterocycles. The van der Waals surface area contributed by atoms with E-state index in [1.807, 2.05) is 18.4 Å². The molecule has 0 saturated carbocycles. The third-order valence-electron chi connectivity index (χ3n) is 3.70. The second kappa shape index (κ2) is 8.51. The molecule has 0 heterocycles. The Bertz CT molecular complexity index is 811. The van der Waals surface area contributed by atoms with Crippen LogP contribution in [0.3, 0.4) is 0 Å². The van der Waals surface area contributed by atoms with E-state index in [1.165, 1.54) is 28.6 Å². The summed E-state index contributed by atoms with van der Waals surface area (Å²) in [6.45, 7) is 4.37. The van der Waals surface area contributed by atoms with Crippen molar-refractivity contribution in [3.63, 3.8) is 0 Å². The van der Waals surface area contributed by atoms with E-state index in [-0.39, 0.29) is 4.90 Å². The number of carbonyl (C=O) groups is 1. The maximum absolute atomic E-state index is 12.4. The number of carbonyl (C=O) groups excluding carboxylic acids is 1. The molecule has 0 fully saturated rings. The summed E-state index contributed by atoms with van der Waals surface area (Å²) >= 11 is 1.60. The highest BCUT2D eigenvalue weighted by atomic mass is 32.2. The van der Waals surface area contributed by atoms with Gasteiger partial charge in [-0.05, 0) is 54.8 Å². The summed E-state index contributed by atoms with van der Waals surface area (Å²) in [5.74, 6) is -0.0775. The molecule has 134 valence electrons. The summed E-state index contributed by atoms with van der Waals surface area (Å²) in [6.07, 6.45) is 1.97. The topological polar surface area (TPSA) is 63.7 Å². The van der Waals surface area contributed by atoms with Crippen molar-refractivity contribution in [2.45, 2.75) is 23.6 Å². The Hall–Kier alpha value is -1.83. The zero-order valence-electron chi connectivity index (χ0n) is 14.4. The first-order valence-electron chi connectivity index (χ1n) is 7.88. The maximum Gasteiger partial charge on any atom is 0.343 e. The van der Waals surface area contributed by atoms with E-state index >= 15 is 0 Å². The van der Waals surface area contributed by atoms with Gasteiger partial charge in [-0.3, -0.25) is 0 Å². The number of hydrogen-bond donors (Lipinski definition) is 0. The molecule has 2 aromatic carbocycles. The van der Waals surface area contributed by atoms with Gasteiger partial charge in [-0.1, -0.05) is 13.8 Å². The minimum absolute atomic E-state index is 0.164. The van der Waals surface area contributed by atoms with Crippen LogP contribution in [0.25, 0.3) is 0 Å². The van der Waals surface area contributed by atoms with Gasteiger partial charge in [0.15, 0.2) is 0 Å². The van der Waals surface area contributed by atoms with Gasteiger partial charge in [0.05, 0.1) is 10.5 Å². The van der Waals surface area contributed by atoms with Crippen LogP contribution in [0, 0.1) is 0 Å². The molecule has 2 rings (SSSR count). The van der Waals surface area contributed by atoms with E-state index in [4.69, 9.17) is 4.74 Å². The fourth-order valence-electron chi connectivity index (χ4n) is 2.29. The van der Waals surface area contributed by atoms with Gasteiger partial charge in [0.2, 0.25) is 10.0 Å². The second-order valence-electron chi connectivity index (χ2n) is 5.18. The fourth-order valence-corrected chi connectivity index (χ4v) is 4.15. The number of hydrogen-bond acceptors (Lipinski definition) is 5. The van der Waals surface area contributed by atoms with E-state index < -0.39 is 16.0 Å². The third-order valence-corrected chi connectivity index (χ3v) is 6.51. The van der Waals surface area contributed by atoms with Crippen molar-refractivity contribution in [1.82, 2.24) is 4.31 Å².